The van der Waals surface area contributed by atoms with Crippen molar-refractivity contribution < 1.29 is 8.78 Å². The van der Waals surface area contributed by atoms with Gasteiger partial charge in [-0.3, -0.25) is 0 Å². The van der Waals surface area contributed by atoms with E-state index in [0.29, 0.717) is 0 Å². The third-order valence-corrected chi connectivity index (χ3v) is 0.921. The molecule has 0 bridgehead atoms. The Bertz CT molecular complexity index is 204. The van der Waals surface area contributed by atoms with Crippen LogP contribution in [0.3, 0.4) is 0 Å². The lowest BCUT2D eigenvalue weighted by molar-refractivity contribution is 0.466. The fourth-order valence-corrected chi connectivity index (χ4v) is 0.429. The van der Waals surface area contributed by atoms with Gasteiger partial charge in [0.05, 0.1) is 5.69 Å². The molecular formula is C5H4F2N2. The summed E-state index contributed by atoms with van der Waals surface area (Å²) in [6.07, 6.45) is 0.980. The number of nitrogens with zero attached hydrogens (tertiary/aromatic N) is 2. The van der Waals surface area contributed by atoms with E-state index in [1.165, 1.54) is 6.92 Å². The Labute approximate surface area is 50.6 Å². The van der Waals surface area contributed by atoms with Crippen molar-refractivity contribution in [1.29, 1.82) is 0 Å². The summed E-state index contributed by atoms with van der Waals surface area (Å²) in [6.45, 7) is 1.38. The molecule has 0 radical (unpaired) electrons. The van der Waals surface area contributed by atoms with E-state index in [4.69, 9.17) is 0 Å². The molecule has 0 aliphatic rings. The van der Waals surface area contributed by atoms with Gasteiger partial charge in [-0.15, -0.1) is 0 Å². The summed E-state index contributed by atoms with van der Waals surface area (Å²) in [5.74, 6) is -2.07. The second-order valence-electron chi connectivity index (χ2n) is 1.56. The van der Waals surface area contributed by atoms with Crippen LogP contribution in [0.5, 0.6) is 0 Å². The Morgan fingerprint density at radius 1 is 1.33 bits per heavy atom. The molecule has 0 N–H and O–H groups in total. The normalized spacial score (nSPS) is 9.67. The lowest BCUT2D eigenvalue weighted by atomic mass is 10.4. The first-order chi connectivity index (χ1) is 4.22. The summed E-state index contributed by atoms with van der Waals surface area (Å²) < 4.78 is 24.3. The molecule has 0 saturated heterocycles. The summed E-state index contributed by atoms with van der Waals surface area (Å²) in [6, 6.07) is 0. The maximum absolute atomic E-state index is 12.2. The second-order valence-corrected chi connectivity index (χ2v) is 1.56. The minimum absolute atomic E-state index is 0.0301. The molecule has 0 fully saturated rings. The van der Waals surface area contributed by atoms with Gasteiger partial charge in [0.15, 0.2) is 5.82 Å². The van der Waals surface area contributed by atoms with E-state index < -0.39 is 11.8 Å². The summed E-state index contributed by atoms with van der Waals surface area (Å²) in [5, 5.41) is 0. The summed E-state index contributed by atoms with van der Waals surface area (Å²) in [5.41, 5.74) is 0.0301. The molecule has 0 atom stereocenters. The van der Waals surface area contributed by atoms with Crippen LogP contribution in [-0.4, -0.2) is 9.97 Å². The number of aromatic nitrogens is 2. The molecule has 0 aliphatic heterocycles. The molecule has 9 heavy (non-hydrogen) atoms. The molecule has 0 spiro atoms. The van der Waals surface area contributed by atoms with Gasteiger partial charge in [-0.25, -0.2) is 9.97 Å². The average Bonchev–Trinajstić information content (AvgIpc) is 1.83. The number of halogens is 2. The molecule has 4 heteroatoms. The zero-order valence-corrected chi connectivity index (χ0v) is 4.73. The summed E-state index contributed by atoms with van der Waals surface area (Å²) in [4.78, 5) is 6.40. The van der Waals surface area contributed by atoms with Crippen molar-refractivity contribution in [1.82, 2.24) is 9.97 Å². The van der Waals surface area contributed by atoms with E-state index in [0.717, 1.165) is 6.33 Å². The first-order valence-electron chi connectivity index (χ1n) is 2.34. The Morgan fingerprint density at radius 2 is 2.00 bits per heavy atom. The highest BCUT2D eigenvalue weighted by Gasteiger charge is 2.04. The van der Waals surface area contributed by atoms with Crippen LogP contribution in [0, 0.1) is 18.7 Å². The van der Waals surface area contributed by atoms with Crippen LogP contribution < -0.4 is 0 Å². The van der Waals surface area contributed by atoms with Crippen LogP contribution in [0.25, 0.3) is 0 Å². The number of hydrogen-bond donors (Lipinski definition) is 0. The number of aryl methyl sites for hydroxylation is 1. The van der Waals surface area contributed by atoms with Crippen LogP contribution in [0.15, 0.2) is 6.33 Å². The smallest absolute Gasteiger partial charge is 0.238 e. The van der Waals surface area contributed by atoms with Crippen LogP contribution in [0.1, 0.15) is 5.69 Å². The van der Waals surface area contributed by atoms with Crippen molar-refractivity contribution in [3.05, 3.63) is 23.8 Å². The minimum Gasteiger partial charge on any atom is -0.238 e. The van der Waals surface area contributed by atoms with Gasteiger partial charge in [-0.1, -0.05) is 0 Å². The molecule has 1 rings (SSSR count). The Hall–Kier alpha value is -1.06. The van der Waals surface area contributed by atoms with Gasteiger partial charge in [0.2, 0.25) is 0 Å². The lowest BCUT2D eigenvalue weighted by Crippen LogP contribution is -1.94. The fraction of sp³-hybridized carbons (Fsp3) is 0.200. The van der Waals surface area contributed by atoms with E-state index in [9.17, 15) is 8.78 Å². The highest BCUT2D eigenvalue weighted by molar-refractivity contribution is 4.99. The molecule has 1 heterocycles. The first kappa shape index (κ1) is 6.07. The Kier molecular flexibility index (Phi) is 1.38. The van der Waals surface area contributed by atoms with Gasteiger partial charge < -0.3 is 0 Å². The fourth-order valence-electron chi connectivity index (χ4n) is 0.429. The van der Waals surface area contributed by atoms with Crippen molar-refractivity contribution in [3.63, 3.8) is 0 Å². The monoisotopic (exact) mass is 130 g/mol. The van der Waals surface area contributed by atoms with Gasteiger partial charge in [-0.05, 0) is 6.92 Å². The van der Waals surface area contributed by atoms with Gasteiger partial charge in [0.1, 0.15) is 6.33 Å². The summed E-state index contributed by atoms with van der Waals surface area (Å²) in [7, 11) is 0. The zero-order chi connectivity index (χ0) is 6.85. The molecule has 0 amide bonds. The third-order valence-electron chi connectivity index (χ3n) is 0.921. The molecule has 1 aromatic rings. The van der Waals surface area contributed by atoms with E-state index in [-0.39, 0.29) is 5.69 Å². The largest absolute Gasteiger partial charge is 0.252 e. The van der Waals surface area contributed by atoms with Crippen molar-refractivity contribution >= 4 is 0 Å². The van der Waals surface area contributed by atoms with Crippen LogP contribution in [0.2, 0.25) is 0 Å². The molecule has 0 unspecified atom stereocenters. The van der Waals surface area contributed by atoms with Crippen molar-refractivity contribution in [2.45, 2.75) is 6.92 Å². The van der Waals surface area contributed by atoms with Crippen molar-refractivity contribution in [2.75, 3.05) is 0 Å². The Balaban J connectivity index is 3.25. The molecule has 0 aromatic carbocycles. The van der Waals surface area contributed by atoms with Gasteiger partial charge in [-0.2, -0.15) is 8.78 Å². The molecule has 1 aromatic heterocycles. The molecule has 0 aliphatic carbocycles. The maximum Gasteiger partial charge on any atom is 0.252 e. The van der Waals surface area contributed by atoms with Gasteiger partial charge >= 0.3 is 0 Å². The standard InChI is InChI=1S/C5H4F2N2/c1-3-4(6)5(7)9-2-8-3/h2H,1H3. The van der Waals surface area contributed by atoms with Crippen LogP contribution >= 0.6 is 0 Å². The van der Waals surface area contributed by atoms with E-state index in [1.54, 1.807) is 0 Å². The van der Waals surface area contributed by atoms with Crippen molar-refractivity contribution in [3.8, 4) is 0 Å². The topological polar surface area (TPSA) is 25.8 Å². The van der Waals surface area contributed by atoms with Gasteiger partial charge in [0.25, 0.3) is 5.95 Å². The first-order valence-corrected chi connectivity index (χ1v) is 2.34. The van der Waals surface area contributed by atoms with Gasteiger partial charge in [0, 0.05) is 0 Å². The SMILES string of the molecule is Cc1ncnc(F)c1F. The predicted molar refractivity (Wildman–Crippen MR) is 26.7 cm³/mol. The quantitative estimate of drug-likeness (QED) is 0.491. The molecular weight excluding hydrogens is 126 g/mol. The van der Waals surface area contributed by atoms with Crippen molar-refractivity contribution in [2.24, 2.45) is 0 Å². The number of hydrogen-bond acceptors (Lipinski definition) is 2. The molecule has 0 saturated carbocycles. The average molecular weight is 130 g/mol. The van der Waals surface area contributed by atoms with Crippen LogP contribution in [0.4, 0.5) is 8.78 Å². The minimum atomic E-state index is -1.09. The maximum atomic E-state index is 12.2. The van der Waals surface area contributed by atoms with E-state index >= 15 is 0 Å². The number of rotatable bonds is 0. The van der Waals surface area contributed by atoms with E-state index in [2.05, 4.69) is 9.97 Å². The Morgan fingerprint density at radius 3 is 2.44 bits per heavy atom. The second kappa shape index (κ2) is 2.05. The zero-order valence-electron chi connectivity index (χ0n) is 4.73. The molecule has 48 valence electrons. The summed E-state index contributed by atoms with van der Waals surface area (Å²) >= 11 is 0. The highest BCUT2D eigenvalue weighted by atomic mass is 19.2. The van der Waals surface area contributed by atoms with E-state index in [1.807, 2.05) is 0 Å². The predicted octanol–water partition coefficient (Wildman–Crippen LogP) is 1.06. The third kappa shape index (κ3) is 1.01. The van der Waals surface area contributed by atoms with Crippen LogP contribution in [-0.2, 0) is 0 Å². The lowest BCUT2D eigenvalue weighted by Gasteiger charge is -1.91. The molecule has 2 nitrogen and oxygen atoms in total. The highest BCUT2D eigenvalue weighted by Crippen LogP contribution is 2.02.